The quantitative estimate of drug-likeness (QED) is 0.893. The van der Waals surface area contributed by atoms with Crippen LogP contribution in [-0.4, -0.2) is 19.7 Å². The van der Waals surface area contributed by atoms with E-state index in [9.17, 15) is 8.42 Å². The van der Waals surface area contributed by atoms with Gasteiger partial charge in [-0.15, -0.1) is 0 Å². The van der Waals surface area contributed by atoms with Crippen molar-refractivity contribution in [1.82, 2.24) is 4.72 Å². The van der Waals surface area contributed by atoms with Gasteiger partial charge in [0.25, 0.3) is 0 Å². The molecule has 0 radical (unpaired) electrons. The van der Waals surface area contributed by atoms with Crippen LogP contribution in [0.5, 0.6) is 0 Å². The summed E-state index contributed by atoms with van der Waals surface area (Å²) in [4.78, 5) is 0. The van der Waals surface area contributed by atoms with Crippen LogP contribution in [0, 0.1) is 11.3 Å². The molecular formula is C13H16N2O2S. The number of hydrogen-bond acceptors (Lipinski definition) is 3. The van der Waals surface area contributed by atoms with E-state index in [-0.39, 0.29) is 6.04 Å². The Morgan fingerprint density at radius 1 is 1.39 bits per heavy atom. The van der Waals surface area contributed by atoms with Crippen LogP contribution in [0.4, 0.5) is 0 Å². The Hall–Kier alpha value is -1.38. The molecular weight excluding hydrogens is 248 g/mol. The molecule has 1 aromatic carbocycles. The summed E-state index contributed by atoms with van der Waals surface area (Å²) in [6.07, 6.45) is 1.72. The summed E-state index contributed by atoms with van der Waals surface area (Å²) >= 11 is 0. The van der Waals surface area contributed by atoms with Gasteiger partial charge in [0.15, 0.2) is 5.25 Å². The van der Waals surface area contributed by atoms with Gasteiger partial charge in [-0.2, -0.15) is 5.26 Å². The first kappa shape index (κ1) is 13.1. The van der Waals surface area contributed by atoms with Gasteiger partial charge in [0.1, 0.15) is 0 Å². The molecule has 18 heavy (non-hydrogen) atoms. The second-order valence-electron chi connectivity index (χ2n) is 4.56. The molecule has 2 rings (SSSR count). The third-order valence-corrected chi connectivity index (χ3v) is 5.12. The van der Waals surface area contributed by atoms with Gasteiger partial charge in [-0.25, -0.2) is 13.1 Å². The van der Waals surface area contributed by atoms with Gasteiger partial charge in [0.2, 0.25) is 10.0 Å². The molecule has 0 saturated carbocycles. The fourth-order valence-corrected chi connectivity index (χ4v) is 3.71. The van der Waals surface area contributed by atoms with Crippen molar-refractivity contribution in [2.24, 2.45) is 0 Å². The van der Waals surface area contributed by atoms with Gasteiger partial charge in [0.05, 0.1) is 6.07 Å². The molecule has 0 spiro atoms. The molecule has 5 heteroatoms. The van der Waals surface area contributed by atoms with E-state index < -0.39 is 15.3 Å². The summed E-state index contributed by atoms with van der Waals surface area (Å²) in [5.41, 5.74) is 2.38. The summed E-state index contributed by atoms with van der Waals surface area (Å²) in [5, 5.41) is 7.88. The number of fused-ring (bicyclic) bond motifs is 1. The number of nitriles is 1. The molecule has 1 N–H and O–H groups in total. The Morgan fingerprint density at radius 3 is 2.39 bits per heavy atom. The largest absolute Gasteiger partial charge is 0.228 e. The van der Waals surface area contributed by atoms with Crippen molar-refractivity contribution in [1.29, 1.82) is 5.26 Å². The molecule has 1 atom stereocenters. The molecule has 1 aliphatic carbocycles. The lowest BCUT2D eigenvalue weighted by molar-refractivity contribution is 0.547. The monoisotopic (exact) mass is 264 g/mol. The van der Waals surface area contributed by atoms with E-state index in [1.54, 1.807) is 6.92 Å². The molecule has 1 aliphatic rings. The molecule has 0 fully saturated rings. The maximum atomic E-state index is 12.0. The number of hydrogen-bond donors (Lipinski definition) is 1. The molecule has 4 nitrogen and oxygen atoms in total. The zero-order chi connectivity index (χ0) is 13.2. The van der Waals surface area contributed by atoms with Crippen molar-refractivity contribution in [3.63, 3.8) is 0 Å². The Labute approximate surface area is 108 Å². The highest BCUT2D eigenvalue weighted by Gasteiger charge is 2.29. The average Bonchev–Trinajstić information content (AvgIpc) is 2.71. The van der Waals surface area contributed by atoms with E-state index in [2.05, 4.69) is 4.72 Å². The fourth-order valence-electron chi connectivity index (χ4n) is 2.34. The van der Waals surface area contributed by atoms with Crippen LogP contribution in [0.25, 0.3) is 0 Å². The molecule has 0 amide bonds. The molecule has 0 aliphatic heterocycles. The predicted octanol–water partition coefficient (Wildman–Crippen LogP) is 1.38. The lowest BCUT2D eigenvalue weighted by atomic mass is 10.1. The van der Waals surface area contributed by atoms with E-state index in [0.29, 0.717) is 19.3 Å². The Kier molecular flexibility index (Phi) is 3.69. The lowest BCUT2D eigenvalue weighted by Gasteiger charge is -2.15. The van der Waals surface area contributed by atoms with Crippen LogP contribution >= 0.6 is 0 Å². The molecule has 1 unspecified atom stereocenters. The van der Waals surface area contributed by atoms with Gasteiger partial charge in [-0.3, -0.25) is 0 Å². The van der Waals surface area contributed by atoms with Crippen LogP contribution in [0.1, 0.15) is 24.5 Å². The Bertz CT molecular complexity index is 550. The predicted molar refractivity (Wildman–Crippen MR) is 69.4 cm³/mol. The van der Waals surface area contributed by atoms with Crippen LogP contribution in [0.15, 0.2) is 24.3 Å². The Balaban J connectivity index is 2.08. The zero-order valence-corrected chi connectivity index (χ0v) is 11.1. The minimum Gasteiger partial charge on any atom is -0.211 e. The van der Waals surface area contributed by atoms with Crippen molar-refractivity contribution >= 4 is 10.0 Å². The van der Waals surface area contributed by atoms with Crippen molar-refractivity contribution in [3.05, 3.63) is 35.4 Å². The third-order valence-electron chi connectivity index (χ3n) is 3.27. The summed E-state index contributed by atoms with van der Waals surface area (Å²) in [6.45, 7) is 1.70. The fraction of sp³-hybridized carbons (Fsp3) is 0.462. The maximum absolute atomic E-state index is 12.0. The van der Waals surface area contributed by atoms with Crippen LogP contribution in [0.3, 0.4) is 0 Å². The van der Waals surface area contributed by atoms with E-state index >= 15 is 0 Å². The van der Waals surface area contributed by atoms with Crippen molar-refractivity contribution in [3.8, 4) is 6.07 Å². The van der Waals surface area contributed by atoms with E-state index in [1.165, 1.54) is 11.1 Å². The molecule has 0 saturated heterocycles. The van der Waals surface area contributed by atoms with Crippen LogP contribution in [-0.2, 0) is 22.9 Å². The number of sulfonamides is 1. The smallest absolute Gasteiger partial charge is 0.211 e. The minimum atomic E-state index is -3.53. The van der Waals surface area contributed by atoms with Gasteiger partial charge in [0, 0.05) is 6.04 Å². The molecule has 0 bridgehead atoms. The van der Waals surface area contributed by atoms with E-state index in [4.69, 9.17) is 5.26 Å². The SMILES string of the molecule is CCC(C#N)S(=O)(=O)NC1Cc2ccccc2C1. The highest BCUT2D eigenvalue weighted by molar-refractivity contribution is 7.90. The number of nitrogens with zero attached hydrogens (tertiary/aromatic N) is 1. The molecule has 0 aromatic heterocycles. The van der Waals surface area contributed by atoms with Crippen LogP contribution < -0.4 is 4.72 Å². The molecule has 96 valence electrons. The summed E-state index contributed by atoms with van der Waals surface area (Å²) in [6, 6.07) is 9.68. The normalized spacial score (nSPS) is 17.1. The topological polar surface area (TPSA) is 70.0 Å². The van der Waals surface area contributed by atoms with Crippen molar-refractivity contribution < 1.29 is 8.42 Å². The van der Waals surface area contributed by atoms with Crippen molar-refractivity contribution in [2.45, 2.75) is 37.5 Å². The zero-order valence-electron chi connectivity index (χ0n) is 10.3. The average molecular weight is 264 g/mol. The number of nitrogens with one attached hydrogen (secondary N) is 1. The molecule has 0 heterocycles. The number of rotatable bonds is 4. The summed E-state index contributed by atoms with van der Waals surface area (Å²) in [7, 11) is -3.53. The highest BCUT2D eigenvalue weighted by Crippen LogP contribution is 2.22. The van der Waals surface area contributed by atoms with Gasteiger partial charge >= 0.3 is 0 Å². The summed E-state index contributed by atoms with van der Waals surface area (Å²) in [5.74, 6) is 0. The standard InChI is InChI=1S/C13H16N2O2S/c1-2-13(9-14)18(16,17)15-12-7-10-5-3-4-6-11(10)8-12/h3-6,12-13,15H,2,7-8H2,1H3. The highest BCUT2D eigenvalue weighted by atomic mass is 32.2. The number of benzene rings is 1. The van der Waals surface area contributed by atoms with E-state index in [1.807, 2.05) is 30.3 Å². The summed E-state index contributed by atoms with van der Waals surface area (Å²) < 4.78 is 26.6. The maximum Gasteiger partial charge on any atom is 0.228 e. The first-order chi connectivity index (χ1) is 8.56. The van der Waals surface area contributed by atoms with Crippen LogP contribution in [0.2, 0.25) is 0 Å². The third kappa shape index (κ3) is 2.55. The van der Waals surface area contributed by atoms with Gasteiger partial charge in [-0.1, -0.05) is 31.2 Å². The van der Waals surface area contributed by atoms with Crippen molar-refractivity contribution in [2.75, 3.05) is 0 Å². The van der Waals surface area contributed by atoms with Gasteiger partial charge in [-0.05, 0) is 30.4 Å². The molecule has 1 aromatic rings. The first-order valence-corrected chi connectivity index (χ1v) is 7.59. The second kappa shape index (κ2) is 5.09. The van der Waals surface area contributed by atoms with E-state index in [0.717, 1.165) is 0 Å². The minimum absolute atomic E-state index is 0.116. The lowest BCUT2D eigenvalue weighted by Crippen LogP contribution is -2.40. The Morgan fingerprint density at radius 2 is 1.94 bits per heavy atom. The first-order valence-electron chi connectivity index (χ1n) is 6.04. The second-order valence-corrected chi connectivity index (χ2v) is 6.46. The van der Waals surface area contributed by atoms with Gasteiger partial charge < -0.3 is 0 Å².